The van der Waals surface area contributed by atoms with Gasteiger partial charge in [0.1, 0.15) is 5.67 Å². The van der Waals surface area contributed by atoms with E-state index < -0.39 is 35.7 Å². The predicted octanol–water partition coefficient (Wildman–Crippen LogP) is 2.21. The molecule has 14 heavy (non-hydrogen) atoms. The van der Waals surface area contributed by atoms with E-state index >= 15 is 0 Å². The second kappa shape index (κ2) is 4.54. The minimum Gasteiger partial charge on any atom is -0.284 e. The van der Waals surface area contributed by atoms with E-state index in [1.54, 1.807) is 0 Å². The van der Waals surface area contributed by atoms with Gasteiger partial charge < -0.3 is 0 Å². The number of rotatable bonds is 4. The summed E-state index contributed by atoms with van der Waals surface area (Å²) in [5.74, 6) is 0. The third-order valence-corrected chi connectivity index (χ3v) is 2.07. The van der Waals surface area contributed by atoms with Crippen LogP contribution in [0.25, 0.3) is 0 Å². The van der Waals surface area contributed by atoms with E-state index in [0.717, 1.165) is 0 Å². The first-order valence-electron chi connectivity index (χ1n) is 3.65. The molecule has 0 fully saturated rings. The van der Waals surface area contributed by atoms with Crippen molar-refractivity contribution in [1.82, 2.24) is 0 Å². The molecule has 3 nitrogen and oxygen atoms in total. The van der Waals surface area contributed by atoms with E-state index in [0.29, 0.717) is 6.92 Å². The maximum Gasteiger partial charge on any atom is 0.419 e. The van der Waals surface area contributed by atoms with Crippen molar-refractivity contribution >= 4 is 11.4 Å². The Morgan fingerprint density at radius 2 is 1.86 bits per heavy atom. The van der Waals surface area contributed by atoms with Crippen LogP contribution in [0, 0.1) is 0 Å². The molecule has 3 atom stereocenters. The van der Waals surface area contributed by atoms with Gasteiger partial charge in [-0.05, 0) is 13.3 Å². The quantitative estimate of drug-likeness (QED) is 0.603. The average Bonchev–Trinajstić information content (AvgIpc) is 1.98. The minimum absolute atomic E-state index is 0.478. The van der Waals surface area contributed by atoms with Gasteiger partial charge in [-0.1, -0.05) is 6.92 Å². The highest BCUT2D eigenvalue weighted by Gasteiger charge is 2.53. The third-order valence-electron chi connectivity index (χ3n) is 1.71. The second-order valence-corrected chi connectivity index (χ2v) is 3.49. The molecule has 1 N–H and O–H groups in total. The highest BCUT2D eigenvalue weighted by atomic mass is 32.2. The van der Waals surface area contributed by atoms with Gasteiger partial charge in [0.05, 0.1) is 0 Å². The van der Waals surface area contributed by atoms with E-state index in [1.807, 2.05) is 0 Å². The smallest absolute Gasteiger partial charge is 0.284 e. The monoisotopic (exact) mass is 238 g/mol. The molecule has 0 aromatic rings. The normalized spacial score (nSPS) is 21.4. The van der Waals surface area contributed by atoms with E-state index in [1.165, 1.54) is 6.92 Å². The van der Waals surface area contributed by atoms with Crippen molar-refractivity contribution in [3.05, 3.63) is 0 Å². The zero-order chi connectivity index (χ0) is 11.6. The average molecular weight is 238 g/mol. The lowest BCUT2D eigenvalue weighted by molar-refractivity contribution is -0.228. The molecule has 0 aromatic heterocycles. The van der Waals surface area contributed by atoms with E-state index in [2.05, 4.69) is 4.18 Å². The Hall–Kier alpha value is -0.210. The van der Waals surface area contributed by atoms with Gasteiger partial charge in [0.15, 0.2) is 0 Å². The fourth-order valence-electron chi connectivity index (χ4n) is 0.764. The Morgan fingerprint density at radius 1 is 1.43 bits per heavy atom. The summed E-state index contributed by atoms with van der Waals surface area (Å²) in [5, 5.41) is 0. The molecule has 0 heterocycles. The molecule has 0 bridgehead atoms. The standard InChI is InChI=1S/C6H10F4O3S/c1-3-5(2,7)4(6(8,9)10)13-14(11)12/h4H,3H2,1-2H3,(H,11,12). The van der Waals surface area contributed by atoms with Gasteiger partial charge in [-0.15, -0.1) is 0 Å². The first kappa shape index (κ1) is 13.8. The number of alkyl halides is 4. The molecule has 0 aliphatic carbocycles. The van der Waals surface area contributed by atoms with Crippen molar-refractivity contribution in [2.45, 2.75) is 38.2 Å². The summed E-state index contributed by atoms with van der Waals surface area (Å²) in [5.41, 5.74) is -2.73. The molecule has 0 amide bonds. The van der Waals surface area contributed by atoms with Crippen molar-refractivity contribution in [1.29, 1.82) is 0 Å². The molecule has 8 heteroatoms. The zero-order valence-corrected chi connectivity index (χ0v) is 8.28. The molecule has 3 unspecified atom stereocenters. The summed E-state index contributed by atoms with van der Waals surface area (Å²) in [6.45, 7) is 1.85. The van der Waals surface area contributed by atoms with Crippen LogP contribution in [0.5, 0.6) is 0 Å². The number of hydrogen-bond acceptors (Lipinski definition) is 2. The topological polar surface area (TPSA) is 46.5 Å². The molecular weight excluding hydrogens is 228 g/mol. The molecule has 86 valence electrons. The largest absolute Gasteiger partial charge is 0.419 e. The summed E-state index contributed by atoms with van der Waals surface area (Å²) in [6, 6.07) is 0. The lowest BCUT2D eigenvalue weighted by Crippen LogP contribution is -2.47. The fraction of sp³-hybridized carbons (Fsp3) is 1.00. The Labute approximate surface area is 80.9 Å². The SMILES string of the molecule is CCC(C)(F)C(OS(=O)O)C(F)(F)F. The first-order chi connectivity index (χ1) is 6.11. The molecule has 0 spiro atoms. The highest BCUT2D eigenvalue weighted by Crippen LogP contribution is 2.35. The summed E-state index contributed by atoms with van der Waals surface area (Å²) in [4.78, 5) is 0. The van der Waals surface area contributed by atoms with Gasteiger partial charge in [-0.3, -0.25) is 8.74 Å². The first-order valence-corrected chi connectivity index (χ1v) is 4.68. The van der Waals surface area contributed by atoms with Crippen molar-refractivity contribution in [3.63, 3.8) is 0 Å². The van der Waals surface area contributed by atoms with Crippen molar-refractivity contribution < 1.29 is 30.5 Å². The lowest BCUT2D eigenvalue weighted by atomic mass is 9.98. The maximum absolute atomic E-state index is 13.2. The van der Waals surface area contributed by atoms with E-state index in [9.17, 15) is 21.8 Å². The summed E-state index contributed by atoms with van der Waals surface area (Å²) in [7, 11) is 0. The van der Waals surface area contributed by atoms with Gasteiger partial charge in [0.25, 0.3) is 0 Å². The van der Waals surface area contributed by atoms with Crippen LogP contribution in [-0.2, 0) is 15.5 Å². The predicted molar refractivity (Wildman–Crippen MR) is 41.5 cm³/mol. The Balaban J connectivity index is 4.82. The Bertz CT molecular complexity index is 216. The summed E-state index contributed by atoms with van der Waals surface area (Å²) >= 11 is -3.15. The van der Waals surface area contributed by atoms with Crippen LogP contribution in [0.1, 0.15) is 20.3 Å². The van der Waals surface area contributed by atoms with Crippen LogP contribution in [0.3, 0.4) is 0 Å². The van der Waals surface area contributed by atoms with Gasteiger partial charge in [0, 0.05) is 0 Å². The maximum atomic E-state index is 13.2. The number of halogens is 4. The van der Waals surface area contributed by atoms with Gasteiger partial charge in [0.2, 0.25) is 6.10 Å². The molecule has 0 aromatic carbocycles. The summed E-state index contributed by atoms with van der Waals surface area (Å²) in [6.07, 6.45) is -8.39. The van der Waals surface area contributed by atoms with Gasteiger partial charge in [-0.25, -0.2) is 4.39 Å². The van der Waals surface area contributed by atoms with Gasteiger partial charge in [-0.2, -0.15) is 17.4 Å². The van der Waals surface area contributed by atoms with Crippen LogP contribution < -0.4 is 0 Å². The van der Waals surface area contributed by atoms with Crippen molar-refractivity contribution in [2.24, 2.45) is 0 Å². The second-order valence-electron chi connectivity index (χ2n) is 2.87. The van der Waals surface area contributed by atoms with E-state index in [-0.39, 0.29) is 0 Å². The van der Waals surface area contributed by atoms with Gasteiger partial charge >= 0.3 is 17.5 Å². The minimum atomic E-state index is -5.02. The third kappa shape index (κ3) is 3.89. The van der Waals surface area contributed by atoms with Crippen molar-refractivity contribution in [3.8, 4) is 0 Å². The molecule has 0 aliphatic rings. The Kier molecular flexibility index (Phi) is 4.47. The molecule has 0 aliphatic heterocycles. The Morgan fingerprint density at radius 3 is 2.07 bits per heavy atom. The van der Waals surface area contributed by atoms with Crippen molar-refractivity contribution in [2.75, 3.05) is 0 Å². The fourth-order valence-corrected chi connectivity index (χ4v) is 1.24. The van der Waals surface area contributed by atoms with Crippen LogP contribution in [-0.4, -0.2) is 26.7 Å². The van der Waals surface area contributed by atoms with Crippen LogP contribution in [0.4, 0.5) is 17.6 Å². The lowest BCUT2D eigenvalue weighted by Gasteiger charge is -2.29. The molecular formula is C6H10F4O3S. The van der Waals surface area contributed by atoms with Crippen LogP contribution in [0.2, 0.25) is 0 Å². The molecule has 0 saturated heterocycles. The van der Waals surface area contributed by atoms with Crippen LogP contribution >= 0.6 is 0 Å². The molecule has 0 radical (unpaired) electrons. The van der Waals surface area contributed by atoms with E-state index in [4.69, 9.17) is 4.55 Å². The van der Waals surface area contributed by atoms with Crippen LogP contribution in [0.15, 0.2) is 0 Å². The molecule has 0 rings (SSSR count). The number of hydrogen-bond donors (Lipinski definition) is 1. The molecule has 0 saturated carbocycles. The highest BCUT2D eigenvalue weighted by molar-refractivity contribution is 7.74. The zero-order valence-electron chi connectivity index (χ0n) is 7.47. The summed E-state index contributed by atoms with van der Waals surface area (Å²) < 4.78 is 71.5.